The van der Waals surface area contributed by atoms with Gasteiger partial charge in [-0.05, 0) is 38.4 Å². The number of methoxy groups -OCH3 is 1. The van der Waals surface area contributed by atoms with Gasteiger partial charge in [0.15, 0.2) is 5.76 Å². The van der Waals surface area contributed by atoms with E-state index < -0.39 is 5.97 Å². The van der Waals surface area contributed by atoms with E-state index in [-0.39, 0.29) is 18.5 Å². The van der Waals surface area contributed by atoms with Gasteiger partial charge in [0.2, 0.25) is 5.91 Å². The zero-order chi connectivity index (χ0) is 18.7. The van der Waals surface area contributed by atoms with Crippen molar-refractivity contribution in [3.63, 3.8) is 0 Å². The lowest BCUT2D eigenvalue weighted by Crippen LogP contribution is -2.38. The molecular formula is C19H23N3O4. The lowest BCUT2D eigenvalue weighted by Gasteiger charge is -2.26. The fourth-order valence-corrected chi connectivity index (χ4v) is 3.34. The van der Waals surface area contributed by atoms with Gasteiger partial charge in [0.1, 0.15) is 0 Å². The van der Waals surface area contributed by atoms with Gasteiger partial charge >= 0.3 is 5.97 Å². The maximum Gasteiger partial charge on any atom is 0.339 e. The van der Waals surface area contributed by atoms with E-state index in [0.29, 0.717) is 11.3 Å². The Kier molecular flexibility index (Phi) is 5.37. The standard InChI is InChI=1S/C19H23N3O4/c1-13-11-17(26-20-13)16-9-6-10-22(16)12-18(23)21(2)15-8-5-4-7-14(15)19(24)25-3/h4-5,7-8,11,16H,6,9-10,12H2,1-3H3/t16-/m0/s1. The molecule has 1 atom stereocenters. The molecule has 1 aliphatic rings. The Labute approximate surface area is 152 Å². The SMILES string of the molecule is COC(=O)c1ccccc1N(C)C(=O)CN1CCC[C@H]1c1cc(C)no1. The summed E-state index contributed by atoms with van der Waals surface area (Å²) in [5, 5.41) is 3.95. The van der Waals surface area contributed by atoms with Crippen LogP contribution in [0.15, 0.2) is 34.9 Å². The number of anilines is 1. The Morgan fingerprint density at radius 3 is 2.85 bits per heavy atom. The third-order valence-corrected chi connectivity index (χ3v) is 4.72. The average Bonchev–Trinajstić information content (AvgIpc) is 3.28. The van der Waals surface area contributed by atoms with Gasteiger partial charge in [0.05, 0.1) is 36.6 Å². The summed E-state index contributed by atoms with van der Waals surface area (Å²) in [6, 6.07) is 8.92. The van der Waals surface area contributed by atoms with Crippen molar-refractivity contribution in [2.75, 3.05) is 32.1 Å². The summed E-state index contributed by atoms with van der Waals surface area (Å²) in [5.74, 6) is 0.242. The number of carbonyl (C=O) groups excluding carboxylic acids is 2. The highest BCUT2D eigenvalue weighted by molar-refractivity contribution is 6.02. The molecule has 1 amide bonds. The predicted octanol–water partition coefficient (Wildman–Crippen LogP) is 2.57. The van der Waals surface area contributed by atoms with Gasteiger partial charge < -0.3 is 14.2 Å². The molecule has 7 heteroatoms. The van der Waals surface area contributed by atoms with Crippen molar-refractivity contribution in [2.45, 2.75) is 25.8 Å². The molecule has 0 saturated carbocycles. The molecule has 0 spiro atoms. The lowest BCUT2D eigenvalue weighted by molar-refractivity contribution is -0.119. The Morgan fingerprint density at radius 2 is 2.15 bits per heavy atom. The van der Waals surface area contributed by atoms with Crippen LogP contribution in [0.5, 0.6) is 0 Å². The number of rotatable bonds is 5. The van der Waals surface area contributed by atoms with E-state index >= 15 is 0 Å². The van der Waals surface area contributed by atoms with E-state index in [1.54, 1.807) is 31.3 Å². The van der Waals surface area contributed by atoms with Crippen LogP contribution in [0.25, 0.3) is 0 Å². The third kappa shape index (κ3) is 3.62. The van der Waals surface area contributed by atoms with Gasteiger partial charge in [-0.3, -0.25) is 9.69 Å². The zero-order valence-electron chi connectivity index (χ0n) is 15.3. The molecule has 1 aliphatic heterocycles. The zero-order valence-corrected chi connectivity index (χ0v) is 15.3. The fourth-order valence-electron chi connectivity index (χ4n) is 3.34. The molecule has 1 fully saturated rings. The van der Waals surface area contributed by atoms with Crippen molar-refractivity contribution in [3.05, 3.63) is 47.3 Å². The molecule has 0 bridgehead atoms. The second-order valence-corrected chi connectivity index (χ2v) is 6.46. The van der Waals surface area contributed by atoms with Crippen molar-refractivity contribution < 1.29 is 18.8 Å². The molecule has 1 aromatic heterocycles. The van der Waals surface area contributed by atoms with Gasteiger partial charge in [-0.1, -0.05) is 17.3 Å². The molecule has 0 unspecified atom stereocenters. The summed E-state index contributed by atoms with van der Waals surface area (Å²) < 4.78 is 10.2. The van der Waals surface area contributed by atoms with Crippen LogP contribution in [0.1, 0.15) is 40.7 Å². The first-order valence-electron chi connectivity index (χ1n) is 8.62. The third-order valence-electron chi connectivity index (χ3n) is 4.72. The number of benzene rings is 1. The number of esters is 1. The first-order valence-corrected chi connectivity index (χ1v) is 8.62. The highest BCUT2D eigenvalue weighted by Crippen LogP contribution is 2.32. The topological polar surface area (TPSA) is 75.9 Å². The van der Waals surface area contributed by atoms with Crippen LogP contribution in [-0.4, -0.2) is 49.2 Å². The maximum atomic E-state index is 12.8. The minimum absolute atomic E-state index is 0.0596. The van der Waals surface area contributed by atoms with Crippen molar-refractivity contribution >= 4 is 17.6 Å². The van der Waals surface area contributed by atoms with Crippen molar-refractivity contribution in [3.8, 4) is 0 Å². The number of aryl methyl sites for hydroxylation is 1. The molecule has 3 rings (SSSR count). The van der Waals surface area contributed by atoms with E-state index in [1.165, 1.54) is 12.0 Å². The number of hydrogen-bond donors (Lipinski definition) is 0. The number of carbonyl (C=O) groups is 2. The van der Waals surface area contributed by atoms with Crippen LogP contribution in [0, 0.1) is 6.92 Å². The summed E-state index contributed by atoms with van der Waals surface area (Å²) in [5.41, 5.74) is 1.74. The first-order chi connectivity index (χ1) is 12.5. The molecule has 7 nitrogen and oxygen atoms in total. The minimum atomic E-state index is -0.462. The molecular weight excluding hydrogens is 334 g/mol. The average molecular weight is 357 g/mol. The maximum absolute atomic E-state index is 12.8. The van der Waals surface area contributed by atoms with Crippen LogP contribution in [-0.2, 0) is 9.53 Å². The Bertz CT molecular complexity index is 802. The Hall–Kier alpha value is -2.67. The van der Waals surface area contributed by atoms with Crippen LogP contribution in [0.2, 0.25) is 0 Å². The van der Waals surface area contributed by atoms with Gasteiger partial charge in [-0.2, -0.15) is 0 Å². The molecule has 0 N–H and O–H groups in total. The van der Waals surface area contributed by atoms with E-state index in [4.69, 9.17) is 9.26 Å². The van der Waals surface area contributed by atoms with E-state index in [1.807, 2.05) is 13.0 Å². The Morgan fingerprint density at radius 1 is 1.38 bits per heavy atom. The number of para-hydroxylation sites is 1. The predicted molar refractivity (Wildman–Crippen MR) is 96.0 cm³/mol. The van der Waals surface area contributed by atoms with Crippen LogP contribution in [0.4, 0.5) is 5.69 Å². The second kappa shape index (κ2) is 7.70. The first kappa shape index (κ1) is 18.1. The largest absolute Gasteiger partial charge is 0.465 e. The smallest absolute Gasteiger partial charge is 0.339 e. The van der Waals surface area contributed by atoms with E-state index in [9.17, 15) is 9.59 Å². The number of likely N-dealkylation sites (N-methyl/N-ethyl adjacent to an activating group) is 1. The molecule has 1 saturated heterocycles. The number of ether oxygens (including phenoxy) is 1. The molecule has 0 radical (unpaired) electrons. The monoisotopic (exact) mass is 357 g/mol. The minimum Gasteiger partial charge on any atom is -0.465 e. The molecule has 138 valence electrons. The van der Waals surface area contributed by atoms with Crippen LogP contribution in [0.3, 0.4) is 0 Å². The van der Waals surface area contributed by atoms with Crippen molar-refractivity contribution in [2.24, 2.45) is 0 Å². The van der Waals surface area contributed by atoms with E-state index in [2.05, 4.69) is 10.1 Å². The van der Waals surface area contributed by atoms with E-state index in [0.717, 1.165) is 30.8 Å². The number of nitrogens with zero attached hydrogens (tertiary/aromatic N) is 3. The molecule has 2 heterocycles. The molecule has 0 aliphatic carbocycles. The second-order valence-electron chi connectivity index (χ2n) is 6.46. The number of likely N-dealkylation sites (tertiary alicyclic amines) is 1. The van der Waals surface area contributed by atoms with Crippen LogP contribution >= 0.6 is 0 Å². The summed E-state index contributed by atoms with van der Waals surface area (Å²) in [6.45, 7) is 2.95. The number of hydrogen-bond acceptors (Lipinski definition) is 6. The summed E-state index contributed by atoms with van der Waals surface area (Å²) >= 11 is 0. The number of amides is 1. The molecule has 1 aromatic carbocycles. The van der Waals surface area contributed by atoms with Gasteiger partial charge in [0, 0.05) is 13.1 Å². The Balaban J connectivity index is 1.74. The summed E-state index contributed by atoms with van der Waals surface area (Å²) in [6.07, 6.45) is 1.94. The highest BCUT2D eigenvalue weighted by Gasteiger charge is 2.31. The van der Waals surface area contributed by atoms with Crippen molar-refractivity contribution in [1.82, 2.24) is 10.1 Å². The van der Waals surface area contributed by atoms with Crippen molar-refractivity contribution in [1.29, 1.82) is 0 Å². The quantitative estimate of drug-likeness (QED) is 0.766. The normalized spacial score (nSPS) is 17.3. The highest BCUT2D eigenvalue weighted by atomic mass is 16.5. The summed E-state index contributed by atoms with van der Waals surface area (Å²) in [4.78, 5) is 28.4. The van der Waals surface area contributed by atoms with Gasteiger partial charge in [0.25, 0.3) is 0 Å². The van der Waals surface area contributed by atoms with Gasteiger partial charge in [-0.15, -0.1) is 0 Å². The lowest BCUT2D eigenvalue weighted by atomic mass is 10.1. The molecule has 2 aromatic rings. The fraction of sp³-hybridized carbons (Fsp3) is 0.421. The molecule has 26 heavy (non-hydrogen) atoms. The van der Waals surface area contributed by atoms with Gasteiger partial charge in [-0.25, -0.2) is 4.79 Å². The summed E-state index contributed by atoms with van der Waals surface area (Å²) in [7, 11) is 3.00. The van der Waals surface area contributed by atoms with Crippen LogP contribution < -0.4 is 4.90 Å². The number of aromatic nitrogens is 1.